The van der Waals surface area contributed by atoms with Crippen molar-refractivity contribution in [1.82, 2.24) is 0 Å². The number of ether oxygens (including phenoxy) is 1. The van der Waals surface area contributed by atoms with Crippen LogP contribution >= 0.6 is 0 Å². The van der Waals surface area contributed by atoms with Crippen LogP contribution in [0, 0.1) is 5.82 Å². The average molecular weight is 250 g/mol. The smallest absolute Gasteiger partial charge is 0.454 e. The van der Waals surface area contributed by atoms with Gasteiger partial charge >= 0.3 is 7.32 Å². The minimum absolute atomic E-state index is 0.249. The lowest BCUT2D eigenvalue weighted by atomic mass is 10.3. The van der Waals surface area contributed by atoms with Crippen LogP contribution < -0.4 is 4.74 Å². The van der Waals surface area contributed by atoms with Crippen molar-refractivity contribution in [1.29, 1.82) is 0 Å². The first kappa shape index (κ1) is 14.2. The van der Waals surface area contributed by atoms with Crippen LogP contribution in [-0.2, 0) is 0 Å². The van der Waals surface area contributed by atoms with Crippen LogP contribution in [0.2, 0.25) is 0 Å². The zero-order chi connectivity index (χ0) is 13.4. The van der Waals surface area contributed by atoms with Gasteiger partial charge in [0.05, 0.1) is 0 Å². The summed E-state index contributed by atoms with van der Waals surface area (Å²) in [5.74, 6) is 0.535. The second-order valence-electron chi connectivity index (χ2n) is 3.19. The van der Waals surface area contributed by atoms with Crippen molar-refractivity contribution in [3.8, 4) is 11.5 Å². The molecular weight excluding hydrogens is 238 g/mol. The highest BCUT2D eigenvalue weighted by atomic mass is 19.1. The monoisotopic (exact) mass is 250 g/mol. The van der Waals surface area contributed by atoms with Crippen molar-refractivity contribution in [2.45, 2.75) is 0 Å². The summed E-state index contributed by atoms with van der Waals surface area (Å²) in [7, 11) is -2.17. The van der Waals surface area contributed by atoms with Crippen LogP contribution in [0.1, 0.15) is 0 Å². The molecular formula is C12H12BFO4. The molecule has 0 heterocycles. The SMILES string of the molecule is Fc1ccccc1Oc1ccccc1.OB(O)O. The molecule has 0 aliphatic rings. The Morgan fingerprint density at radius 2 is 1.33 bits per heavy atom. The van der Waals surface area contributed by atoms with Crippen LogP contribution in [0.25, 0.3) is 0 Å². The fourth-order valence-corrected chi connectivity index (χ4v) is 1.14. The van der Waals surface area contributed by atoms with Gasteiger partial charge in [-0.1, -0.05) is 30.3 Å². The Balaban J connectivity index is 0.000000357. The first-order valence-corrected chi connectivity index (χ1v) is 5.11. The zero-order valence-electron chi connectivity index (χ0n) is 9.40. The third-order valence-electron chi connectivity index (χ3n) is 1.81. The Morgan fingerprint density at radius 1 is 0.833 bits per heavy atom. The van der Waals surface area contributed by atoms with Crippen molar-refractivity contribution in [3.63, 3.8) is 0 Å². The topological polar surface area (TPSA) is 69.9 Å². The molecule has 2 aromatic rings. The molecule has 0 spiro atoms. The molecule has 0 saturated heterocycles. The van der Waals surface area contributed by atoms with E-state index in [4.69, 9.17) is 19.8 Å². The molecule has 6 heteroatoms. The van der Waals surface area contributed by atoms with E-state index in [-0.39, 0.29) is 11.6 Å². The molecule has 0 fully saturated rings. The number of para-hydroxylation sites is 2. The van der Waals surface area contributed by atoms with Crippen LogP contribution in [0.3, 0.4) is 0 Å². The van der Waals surface area contributed by atoms with Gasteiger partial charge in [0.1, 0.15) is 5.75 Å². The summed E-state index contributed by atoms with van der Waals surface area (Å²) in [6.07, 6.45) is 0. The molecule has 2 rings (SSSR count). The fraction of sp³-hybridized carbons (Fsp3) is 0. The van der Waals surface area contributed by atoms with Gasteiger partial charge in [-0.25, -0.2) is 4.39 Å². The van der Waals surface area contributed by atoms with E-state index in [0.717, 1.165) is 0 Å². The quantitative estimate of drug-likeness (QED) is 0.707. The van der Waals surface area contributed by atoms with Crippen LogP contribution in [-0.4, -0.2) is 22.4 Å². The van der Waals surface area contributed by atoms with Gasteiger partial charge in [0.15, 0.2) is 11.6 Å². The van der Waals surface area contributed by atoms with Crippen LogP contribution in [0.5, 0.6) is 11.5 Å². The van der Waals surface area contributed by atoms with Crippen molar-refractivity contribution < 1.29 is 24.2 Å². The molecule has 18 heavy (non-hydrogen) atoms. The summed E-state index contributed by atoms with van der Waals surface area (Å²) in [5, 5.41) is 21.5. The van der Waals surface area contributed by atoms with Crippen molar-refractivity contribution in [3.05, 3.63) is 60.4 Å². The highest BCUT2D eigenvalue weighted by molar-refractivity contribution is 6.30. The van der Waals surface area contributed by atoms with Crippen molar-refractivity contribution in [2.75, 3.05) is 0 Å². The van der Waals surface area contributed by atoms with E-state index < -0.39 is 7.32 Å². The third kappa shape index (κ3) is 5.45. The predicted molar refractivity (Wildman–Crippen MR) is 65.3 cm³/mol. The van der Waals surface area contributed by atoms with Gasteiger partial charge < -0.3 is 19.8 Å². The van der Waals surface area contributed by atoms with E-state index in [0.29, 0.717) is 5.75 Å². The standard InChI is InChI=1S/C12H9FO.BH3O3/c13-11-8-4-5-9-12(11)14-10-6-2-1-3-7-10;2-1(3)4/h1-9H;2-4H. The lowest BCUT2D eigenvalue weighted by molar-refractivity contribution is 0.278. The first-order chi connectivity index (χ1) is 8.59. The molecule has 0 aliphatic heterocycles. The first-order valence-electron chi connectivity index (χ1n) is 5.11. The number of hydrogen-bond acceptors (Lipinski definition) is 4. The van der Waals surface area contributed by atoms with Gasteiger partial charge in [0.2, 0.25) is 0 Å². The molecule has 0 aromatic heterocycles. The van der Waals surface area contributed by atoms with E-state index >= 15 is 0 Å². The molecule has 0 bridgehead atoms. The van der Waals surface area contributed by atoms with Crippen molar-refractivity contribution >= 4 is 7.32 Å². The summed E-state index contributed by atoms with van der Waals surface area (Å²) >= 11 is 0. The molecule has 4 nitrogen and oxygen atoms in total. The molecule has 0 amide bonds. The van der Waals surface area contributed by atoms with Crippen LogP contribution in [0.15, 0.2) is 54.6 Å². The normalized spacial score (nSPS) is 9.11. The maximum absolute atomic E-state index is 13.2. The number of hydrogen-bond donors (Lipinski definition) is 3. The maximum Gasteiger partial charge on any atom is 0.631 e. The van der Waals surface area contributed by atoms with Gasteiger partial charge in [-0.15, -0.1) is 0 Å². The second kappa shape index (κ2) is 7.44. The summed E-state index contributed by atoms with van der Waals surface area (Å²) in [4.78, 5) is 0. The Kier molecular flexibility index (Phi) is 5.86. The summed E-state index contributed by atoms with van der Waals surface area (Å²) in [6, 6.07) is 15.5. The van der Waals surface area contributed by atoms with Gasteiger partial charge in [0, 0.05) is 0 Å². The summed E-state index contributed by atoms with van der Waals surface area (Å²) < 4.78 is 18.5. The van der Waals surface area contributed by atoms with Crippen LogP contribution in [0.4, 0.5) is 4.39 Å². The summed E-state index contributed by atoms with van der Waals surface area (Å²) in [6.45, 7) is 0. The molecule has 0 atom stereocenters. The molecule has 0 radical (unpaired) electrons. The molecule has 94 valence electrons. The molecule has 2 aromatic carbocycles. The Bertz CT molecular complexity index is 462. The maximum atomic E-state index is 13.2. The Morgan fingerprint density at radius 3 is 1.89 bits per heavy atom. The highest BCUT2D eigenvalue weighted by Crippen LogP contribution is 2.23. The number of rotatable bonds is 2. The highest BCUT2D eigenvalue weighted by Gasteiger charge is 2.01. The minimum Gasteiger partial charge on any atom is -0.454 e. The van der Waals surface area contributed by atoms with E-state index in [2.05, 4.69) is 0 Å². The second-order valence-corrected chi connectivity index (χ2v) is 3.19. The molecule has 0 unspecified atom stereocenters. The fourth-order valence-electron chi connectivity index (χ4n) is 1.14. The van der Waals surface area contributed by atoms with Gasteiger partial charge in [-0.05, 0) is 24.3 Å². The predicted octanol–water partition coefficient (Wildman–Crippen LogP) is 1.57. The largest absolute Gasteiger partial charge is 0.631 e. The number of benzene rings is 2. The molecule has 0 aliphatic carbocycles. The number of halogens is 1. The molecule has 0 saturated carbocycles. The minimum atomic E-state index is -2.17. The van der Waals surface area contributed by atoms with Gasteiger partial charge in [-0.2, -0.15) is 0 Å². The lowest BCUT2D eigenvalue weighted by Gasteiger charge is -2.05. The van der Waals surface area contributed by atoms with Crippen molar-refractivity contribution in [2.24, 2.45) is 0 Å². The van der Waals surface area contributed by atoms with Gasteiger partial charge in [0.25, 0.3) is 0 Å². The van der Waals surface area contributed by atoms with E-state index in [1.807, 2.05) is 18.2 Å². The zero-order valence-corrected chi connectivity index (χ0v) is 9.40. The third-order valence-corrected chi connectivity index (χ3v) is 1.81. The summed E-state index contributed by atoms with van der Waals surface area (Å²) in [5.41, 5.74) is 0. The van der Waals surface area contributed by atoms with E-state index in [1.54, 1.807) is 30.3 Å². The van der Waals surface area contributed by atoms with E-state index in [1.165, 1.54) is 6.07 Å². The average Bonchev–Trinajstić information content (AvgIpc) is 2.33. The molecule has 3 N–H and O–H groups in total. The Hall–Kier alpha value is -1.89. The van der Waals surface area contributed by atoms with Gasteiger partial charge in [-0.3, -0.25) is 0 Å². The lowest BCUT2D eigenvalue weighted by Crippen LogP contribution is -2.07. The Labute approximate surface area is 104 Å². The van der Waals surface area contributed by atoms with E-state index in [9.17, 15) is 4.39 Å².